The summed E-state index contributed by atoms with van der Waals surface area (Å²) in [6, 6.07) is 0.0791. The normalized spacial score (nSPS) is 21.6. The van der Waals surface area contributed by atoms with Crippen molar-refractivity contribution in [3.05, 3.63) is 41.1 Å². The summed E-state index contributed by atoms with van der Waals surface area (Å²) in [5.74, 6) is -1.28. The molecule has 1 aliphatic carbocycles. The Morgan fingerprint density at radius 3 is 2.56 bits per heavy atom. The molecule has 15 heteroatoms. The Labute approximate surface area is 246 Å². The lowest BCUT2D eigenvalue weighted by Crippen LogP contribution is -2.41. The van der Waals surface area contributed by atoms with Gasteiger partial charge in [0.05, 0.1) is 43.8 Å². The molecule has 3 fully saturated rings. The molecule has 1 saturated carbocycles. The second kappa shape index (κ2) is 11.9. The number of halogens is 2. The number of fused-ring (bicyclic) bond motifs is 1. The van der Waals surface area contributed by atoms with Gasteiger partial charge in [-0.1, -0.05) is 5.21 Å². The van der Waals surface area contributed by atoms with E-state index in [0.29, 0.717) is 31.7 Å². The summed E-state index contributed by atoms with van der Waals surface area (Å²) in [7, 11) is 1.25. The topological polar surface area (TPSA) is 137 Å². The summed E-state index contributed by atoms with van der Waals surface area (Å²) in [5, 5.41) is 12.7. The van der Waals surface area contributed by atoms with Gasteiger partial charge in [-0.2, -0.15) is 5.10 Å². The summed E-state index contributed by atoms with van der Waals surface area (Å²) >= 11 is 0. The quantitative estimate of drug-likeness (QED) is 0.337. The molecule has 0 radical (unpaired) electrons. The van der Waals surface area contributed by atoms with Gasteiger partial charge in [0.25, 0.3) is 12.3 Å². The fourth-order valence-corrected chi connectivity index (χ4v) is 6.02. The van der Waals surface area contributed by atoms with Crippen molar-refractivity contribution in [3.63, 3.8) is 0 Å². The van der Waals surface area contributed by atoms with Gasteiger partial charge in [-0.25, -0.2) is 27.8 Å². The van der Waals surface area contributed by atoms with E-state index in [2.05, 4.69) is 25.3 Å². The van der Waals surface area contributed by atoms with Crippen LogP contribution < -0.4 is 0 Å². The summed E-state index contributed by atoms with van der Waals surface area (Å²) in [4.78, 5) is 46.8. The molecular weight excluding hydrogens is 566 g/mol. The van der Waals surface area contributed by atoms with E-state index in [1.54, 1.807) is 17.8 Å². The molecule has 0 bridgehead atoms. The van der Waals surface area contributed by atoms with Crippen molar-refractivity contribution in [2.75, 3.05) is 33.4 Å². The third kappa shape index (κ3) is 5.82. The van der Waals surface area contributed by atoms with Gasteiger partial charge in [0.2, 0.25) is 0 Å². The Morgan fingerprint density at radius 1 is 1.12 bits per heavy atom. The maximum atomic E-state index is 13.9. The number of carbonyl (C=O) groups excluding carboxylic acids is 3. The molecule has 0 aromatic carbocycles. The van der Waals surface area contributed by atoms with Crippen LogP contribution in [0.5, 0.6) is 0 Å². The zero-order valence-corrected chi connectivity index (χ0v) is 24.1. The predicted molar refractivity (Wildman–Crippen MR) is 145 cm³/mol. The molecule has 2 aliphatic heterocycles. The monoisotopic (exact) mass is 600 g/mol. The summed E-state index contributed by atoms with van der Waals surface area (Å²) in [6.07, 6.45) is 3.62. The number of esters is 2. The molecule has 1 amide bonds. The molecule has 0 N–H and O–H groups in total. The molecule has 3 aromatic rings. The number of ether oxygens (including phenoxy) is 2. The first kappa shape index (κ1) is 29.1. The van der Waals surface area contributed by atoms with Gasteiger partial charge in [0.15, 0.2) is 5.65 Å². The smallest absolute Gasteiger partial charge is 0.328 e. The number of methoxy groups -OCH3 is 1. The highest BCUT2D eigenvalue weighted by molar-refractivity contribution is 6.01. The number of aromatic nitrogens is 6. The third-order valence-electron chi connectivity index (χ3n) is 8.51. The van der Waals surface area contributed by atoms with Crippen LogP contribution in [0.3, 0.4) is 0 Å². The first-order valence-corrected chi connectivity index (χ1v) is 14.6. The molecule has 2 saturated heterocycles. The minimum absolute atomic E-state index is 0.0458. The lowest BCUT2D eigenvalue weighted by Gasteiger charge is -2.30. The highest BCUT2D eigenvalue weighted by Crippen LogP contribution is 2.40. The van der Waals surface area contributed by atoms with E-state index in [-0.39, 0.29) is 53.7 Å². The molecule has 230 valence electrons. The number of carbonyl (C=O) groups is 3. The maximum Gasteiger partial charge on any atom is 0.328 e. The van der Waals surface area contributed by atoms with E-state index in [1.807, 2.05) is 0 Å². The van der Waals surface area contributed by atoms with Crippen LogP contribution in [0, 0.1) is 5.92 Å². The Hall–Kier alpha value is -4.01. The van der Waals surface area contributed by atoms with E-state index in [9.17, 15) is 23.2 Å². The number of hydrogen-bond donors (Lipinski definition) is 0. The van der Waals surface area contributed by atoms with Crippen LogP contribution in [-0.4, -0.2) is 96.6 Å². The fourth-order valence-electron chi connectivity index (χ4n) is 6.02. The highest BCUT2D eigenvalue weighted by atomic mass is 19.3. The van der Waals surface area contributed by atoms with Gasteiger partial charge in [-0.3, -0.25) is 14.5 Å². The zero-order chi connectivity index (χ0) is 30.2. The van der Waals surface area contributed by atoms with Gasteiger partial charge >= 0.3 is 11.9 Å². The molecule has 5 heterocycles. The number of rotatable bonds is 9. The first-order valence-electron chi connectivity index (χ1n) is 14.6. The minimum Gasteiger partial charge on any atom is -0.467 e. The van der Waals surface area contributed by atoms with Gasteiger partial charge in [-0.05, 0) is 51.8 Å². The molecule has 3 aliphatic rings. The Bertz CT molecular complexity index is 1510. The van der Waals surface area contributed by atoms with Gasteiger partial charge in [0, 0.05) is 31.1 Å². The number of amides is 1. The summed E-state index contributed by atoms with van der Waals surface area (Å²) in [5.41, 5.74) is 1.01. The lowest BCUT2D eigenvalue weighted by atomic mass is 9.97. The van der Waals surface area contributed by atoms with Crippen molar-refractivity contribution < 1.29 is 32.6 Å². The standard InChI is InChI=1S/C28H34F2N8O5/c1-3-43-27(40)17-6-8-35(9-7-17)13-18-14-37(34-33-18)19-10-23(28(41)42-2)36(15-19)26(39)20-12-31-38-22(24(29)30)11-21(16-4-5-16)32-25(20)38/h11-12,14,16-17,19,23-24H,3-10,13,15H2,1-2H3/t19-,23-/m0/s1. The Morgan fingerprint density at radius 2 is 1.88 bits per heavy atom. The van der Waals surface area contributed by atoms with Crippen LogP contribution in [0.25, 0.3) is 5.65 Å². The summed E-state index contributed by atoms with van der Waals surface area (Å²) in [6.45, 7) is 4.32. The van der Waals surface area contributed by atoms with Gasteiger partial charge < -0.3 is 14.4 Å². The van der Waals surface area contributed by atoms with Crippen LogP contribution in [-0.2, 0) is 25.6 Å². The van der Waals surface area contributed by atoms with Crippen LogP contribution >= 0.6 is 0 Å². The van der Waals surface area contributed by atoms with Crippen LogP contribution in [0.4, 0.5) is 8.78 Å². The fraction of sp³-hybridized carbons (Fsp3) is 0.607. The van der Waals surface area contributed by atoms with E-state index in [0.717, 1.165) is 36.1 Å². The average Bonchev–Trinajstić information content (AvgIpc) is 3.38. The maximum absolute atomic E-state index is 13.9. The molecule has 2 atom stereocenters. The Kier molecular flexibility index (Phi) is 8.07. The number of nitrogens with zero attached hydrogens (tertiary/aromatic N) is 8. The number of hydrogen-bond acceptors (Lipinski definition) is 10. The highest BCUT2D eigenvalue weighted by Gasteiger charge is 2.43. The van der Waals surface area contributed by atoms with Crippen molar-refractivity contribution in [1.29, 1.82) is 0 Å². The molecule has 0 spiro atoms. The summed E-state index contributed by atoms with van der Waals surface area (Å²) < 4.78 is 40.5. The SMILES string of the molecule is CCOC(=O)C1CCN(Cc2cn([C@H]3C[C@@H](C(=O)OC)N(C(=O)c4cnn5c(C(F)F)cc(C6CC6)nc45)C3)nn2)CC1. The molecule has 43 heavy (non-hydrogen) atoms. The van der Waals surface area contributed by atoms with Gasteiger partial charge in [-0.15, -0.1) is 5.10 Å². The van der Waals surface area contributed by atoms with Gasteiger partial charge in [0.1, 0.15) is 17.3 Å². The van der Waals surface area contributed by atoms with E-state index >= 15 is 0 Å². The van der Waals surface area contributed by atoms with E-state index < -0.39 is 24.3 Å². The van der Waals surface area contributed by atoms with E-state index in [4.69, 9.17) is 9.47 Å². The van der Waals surface area contributed by atoms with Crippen LogP contribution in [0.2, 0.25) is 0 Å². The number of likely N-dealkylation sites (tertiary alicyclic amines) is 2. The molecule has 0 unspecified atom stereocenters. The lowest BCUT2D eigenvalue weighted by molar-refractivity contribution is -0.149. The Balaban J connectivity index is 1.18. The van der Waals surface area contributed by atoms with Crippen molar-refractivity contribution >= 4 is 23.5 Å². The zero-order valence-electron chi connectivity index (χ0n) is 24.1. The number of alkyl halides is 2. The molecule has 6 rings (SSSR count). The van der Waals surface area contributed by atoms with Crippen molar-refractivity contribution in [3.8, 4) is 0 Å². The predicted octanol–water partition coefficient (Wildman–Crippen LogP) is 2.54. The van der Waals surface area contributed by atoms with Crippen molar-refractivity contribution in [2.45, 2.75) is 70.0 Å². The van der Waals surface area contributed by atoms with Crippen molar-refractivity contribution in [1.82, 2.24) is 39.4 Å². The molecule has 13 nitrogen and oxygen atoms in total. The van der Waals surface area contributed by atoms with Crippen molar-refractivity contribution in [2.24, 2.45) is 5.92 Å². The third-order valence-corrected chi connectivity index (χ3v) is 8.51. The number of piperidine rings is 1. The first-order chi connectivity index (χ1) is 20.8. The second-order valence-corrected chi connectivity index (χ2v) is 11.4. The molecule has 3 aromatic heterocycles. The second-order valence-electron chi connectivity index (χ2n) is 11.4. The van der Waals surface area contributed by atoms with Crippen LogP contribution in [0.15, 0.2) is 18.5 Å². The largest absolute Gasteiger partial charge is 0.467 e. The minimum atomic E-state index is -2.80. The molecular formula is C28H34F2N8O5. The average molecular weight is 601 g/mol. The van der Waals surface area contributed by atoms with E-state index in [1.165, 1.54) is 24.3 Å². The van der Waals surface area contributed by atoms with Crippen LogP contribution in [0.1, 0.15) is 84.9 Å².